The second-order valence-corrected chi connectivity index (χ2v) is 11.0. The Hall–Kier alpha value is -3.23. The number of aromatic nitrogens is 1. The molecule has 0 bridgehead atoms. The fourth-order valence-electron chi connectivity index (χ4n) is 4.77. The van der Waals surface area contributed by atoms with Gasteiger partial charge in [-0.2, -0.15) is 0 Å². The number of nitrogens with one attached hydrogen (secondary N) is 2. The molecule has 0 radical (unpaired) electrons. The molecule has 1 aliphatic rings. The Labute approximate surface area is 232 Å². The Bertz CT molecular complexity index is 1270. The van der Waals surface area contributed by atoms with E-state index in [1.165, 1.54) is 24.0 Å². The van der Waals surface area contributed by atoms with Crippen LogP contribution in [-0.2, 0) is 14.3 Å². The number of anilines is 1. The van der Waals surface area contributed by atoms with Gasteiger partial charge in [-0.05, 0) is 74.3 Å². The first-order chi connectivity index (χ1) is 18.3. The summed E-state index contributed by atoms with van der Waals surface area (Å²) in [5, 5.41) is 7.12. The number of benzene rings is 2. The van der Waals surface area contributed by atoms with Crippen LogP contribution in [0, 0.1) is 12.8 Å². The highest BCUT2D eigenvalue weighted by Crippen LogP contribution is 2.37. The molecule has 4 rings (SSSR count). The van der Waals surface area contributed by atoms with E-state index in [9.17, 15) is 14.4 Å². The number of nitrogens with zero attached hydrogens (tertiary/aromatic N) is 1. The van der Waals surface area contributed by atoms with Crippen molar-refractivity contribution in [2.24, 2.45) is 5.92 Å². The molecule has 1 heterocycles. The molecule has 2 amide bonds. The standard InChI is InChI=1S/C29H32ClN3O4S/c1-18-27(38-29(32-18)22-7-11-23(30)12-8-22)28(36)31-16-15-25(34)33-24-13-9-21(10-14-24)20-5-3-19(4-6-20)17-26(35)37-2/h7-14,19-20H,3-6,15-17H2,1-2H3,(H,31,36)(H,33,34). The first-order valence-electron chi connectivity index (χ1n) is 12.8. The lowest BCUT2D eigenvalue weighted by Gasteiger charge is -2.28. The smallest absolute Gasteiger partial charge is 0.305 e. The van der Waals surface area contributed by atoms with E-state index in [1.807, 2.05) is 24.3 Å². The number of carbonyl (C=O) groups excluding carboxylic acids is 3. The monoisotopic (exact) mass is 553 g/mol. The second-order valence-electron chi connectivity index (χ2n) is 9.61. The predicted octanol–water partition coefficient (Wildman–Crippen LogP) is 6.37. The van der Waals surface area contributed by atoms with E-state index in [1.54, 1.807) is 19.1 Å². The van der Waals surface area contributed by atoms with E-state index in [2.05, 4.69) is 27.8 Å². The first-order valence-corrected chi connectivity index (χ1v) is 14.0. The Morgan fingerprint density at radius 3 is 2.37 bits per heavy atom. The number of carbonyl (C=O) groups is 3. The van der Waals surface area contributed by atoms with Crippen molar-refractivity contribution in [3.05, 3.63) is 69.7 Å². The summed E-state index contributed by atoms with van der Waals surface area (Å²) in [7, 11) is 1.44. The minimum absolute atomic E-state index is 0.130. The van der Waals surface area contributed by atoms with Gasteiger partial charge < -0.3 is 15.4 Å². The summed E-state index contributed by atoms with van der Waals surface area (Å²) in [4.78, 5) is 41.6. The topological polar surface area (TPSA) is 97.4 Å². The maximum Gasteiger partial charge on any atom is 0.305 e. The molecular formula is C29H32ClN3O4S. The molecule has 2 aromatic carbocycles. The minimum Gasteiger partial charge on any atom is -0.469 e. The van der Waals surface area contributed by atoms with Crippen molar-refractivity contribution in [2.75, 3.05) is 19.0 Å². The quantitative estimate of drug-likeness (QED) is 0.300. The summed E-state index contributed by atoms with van der Waals surface area (Å²) < 4.78 is 4.79. The van der Waals surface area contributed by atoms with Gasteiger partial charge in [-0.25, -0.2) is 4.98 Å². The average molecular weight is 554 g/mol. The third-order valence-corrected chi connectivity index (χ3v) is 8.38. The highest BCUT2D eigenvalue weighted by molar-refractivity contribution is 7.17. The number of esters is 1. The summed E-state index contributed by atoms with van der Waals surface area (Å²) in [6, 6.07) is 15.3. The lowest BCUT2D eigenvalue weighted by molar-refractivity contribution is -0.142. The molecule has 1 fully saturated rings. The molecule has 38 heavy (non-hydrogen) atoms. The predicted molar refractivity (Wildman–Crippen MR) is 151 cm³/mol. The molecule has 0 unspecified atom stereocenters. The molecule has 0 aliphatic heterocycles. The third kappa shape index (κ3) is 7.42. The first kappa shape index (κ1) is 27.8. The van der Waals surface area contributed by atoms with Gasteiger partial charge in [-0.15, -0.1) is 11.3 Å². The van der Waals surface area contributed by atoms with Crippen LogP contribution in [0.1, 0.15) is 65.4 Å². The fourth-order valence-corrected chi connectivity index (χ4v) is 5.89. The number of halogens is 1. The van der Waals surface area contributed by atoms with Gasteiger partial charge in [0.25, 0.3) is 5.91 Å². The molecule has 2 N–H and O–H groups in total. The zero-order valence-electron chi connectivity index (χ0n) is 21.6. The SMILES string of the molecule is COC(=O)CC1CCC(c2ccc(NC(=O)CCNC(=O)c3sc(-c4ccc(Cl)cc4)nc3C)cc2)CC1. The third-order valence-electron chi connectivity index (χ3n) is 6.93. The van der Waals surface area contributed by atoms with Gasteiger partial charge in [0.05, 0.1) is 12.8 Å². The number of hydrogen-bond donors (Lipinski definition) is 2. The number of amides is 2. The second kappa shape index (κ2) is 13.0. The van der Waals surface area contributed by atoms with Crippen LogP contribution in [0.5, 0.6) is 0 Å². The van der Waals surface area contributed by atoms with Crippen LogP contribution in [0.25, 0.3) is 10.6 Å². The molecule has 0 spiro atoms. The van der Waals surface area contributed by atoms with E-state index in [0.29, 0.717) is 33.9 Å². The Morgan fingerprint density at radius 2 is 1.71 bits per heavy atom. The highest BCUT2D eigenvalue weighted by atomic mass is 35.5. The van der Waals surface area contributed by atoms with Gasteiger partial charge >= 0.3 is 5.97 Å². The molecule has 1 saturated carbocycles. The van der Waals surface area contributed by atoms with Crippen molar-refractivity contribution in [3.63, 3.8) is 0 Å². The molecular weight excluding hydrogens is 522 g/mol. The Morgan fingerprint density at radius 1 is 1.03 bits per heavy atom. The Balaban J connectivity index is 1.21. The van der Waals surface area contributed by atoms with E-state index >= 15 is 0 Å². The van der Waals surface area contributed by atoms with Crippen LogP contribution >= 0.6 is 22.9 Å². The zero-order chi connectivity index (χ0) is 27.1. The zero-order valence-corrected chi connectivity index (χ0v) is 23.2. The van der Waals surface area contributed by atoms with Gasteiger partial charge in [0.2, 0.25) is 5.91 Å². The van der Waals surface area contributed by atoms with Crippen molar-refractivity contribution < 1.29 is 19.1 Å². The average Bonchev–Trinajstić information content (AvgIpc) is 3.31. The van der Waals surface area contributed by atoms with Crippen LogP contribution in [0.3, 0.4) is 0 Å². The van der Waals surface area contributed by atoms with Crippen molar-refractivity contribution in [1.29, 1.82) is 0 Å². The van der Waals surface area contributed by atoms with Crippen LogP contribution in [0.4, 0.5) is 5.69 Å². The molecule has 3 aromatic rings. The van der Waals surface area contributed by atoms with E-state index in [4.69, 9.17) is 16.3 Å². The van der Waals surface area contributed by atoms with Gasteiger partial charge in [0.15, 0.2) is 0 Å². The van der Waals surface area contributed by atoms with Gasteiger partial charge in [0.1, 0.15) is 9.88 Å². The van der Waals surface area contributed by atoms with Crippen LogP contribution in [0.15, 0.2) is 48.5 Å². The number of thiazole rings is 1. The number of aryl methyl sites for hydroxylation is 1. The summed E-state index contributed by atoms with van der Waals surface area (Å²) in [6.45, 7) is 2.03. The maximum atomic E-state index is 12.7. The van der Waals surface area contributed by atoms with Crippen molar-refractivity contribution >= 4 is 46.4 Å². The largest absolute Gasteiger partial charge is 0.469 e. The van der Waals surface area contributed by atoms with E-state index in [-0.39, 0.29) is 30.7 Å². The molecule has 1 aromatic heterocycles. The normalized spacial score (nSPS) is 17.0. The summed E-state index contributed by atoms with van der Waals surface area (Å²) in [5.41, 5.74) is 3.54. The van der Waals surface area contributed by atoms with Crippen LogP contribution < -0.4 is 10.6 Å². The minimum atomic E-state index is -0.237. The molecule has 9 heteroatoms. The molecule has 0 atom stereocenters. The summed E-state index contributed by atoms with van der Waals surface area (Å²) in [5.74, 6) is 0.348. The summed E-state index contributed by atoms with van der Waals surface area (Å²) in [6.07, 6.45) is 4.81. The molecule has 0 saturated heterocycles. The number of rotatable bonds is 9. The van der Waals surface area contributed by atoms with Crippen molar-refractivity contribution in [1.82, 2.24) is 10.3 Å². The summed E-state index contributed by atoms with van der Waals surface area (Å²) >= 11 is 7.27. The maximum absolute atomic E-state index is 12.7. The highest BCUT2D eigenvalue weighted by Gasteiger charge is 2.24. The van der Waals surface area contributed by atoms with Crippen molar-refractivity contribution in [3.8, 4) is 10.6 Å². The van der Waals surface area contributed by atoms with Crippen LogP contribution in [-0.4, -0.2) is 36.4 Å². The molecule has 7 nitrogen and oxygen atoms in total. The van der Waals surface area contributed by atoms with E-state index in [0.717, 1.165) is 41.9 Å². The van der Waals surface area contributed by atoms with E-state index < -0.39 is 0 Å². The van der Waals surface area contributed by atoms with Gasteiger partial charge in [-0.3, -0.25) is 14.4 Å². The molecule has 1 aliphatic carbocycles. The van der Waals surface area contributed by atoms with Crippen molar-refractivity contribution in [2.45, 2.75) is 51.4 Å². The van der Waals surface area contributed by atoms with Gasteiger partial charge in [0, 0.05) is 35.7 Å². The Kier molecular flexibility index (Phi) is 9.53. The van der Waals surface area contributed by atoms with Gasteiger partial charge in [-0.1, -0.05) is 35.9 Å². The lowest BCUT2D eigenvalue weighted by atomic mass is 9.77. The molecule has 200 valence electrons. The van der Waals surface area contributed by atoms with Crippen LogP contribution in [0.2, 0.25) is 5.02 Å². The number of hydrogen-bond acceptors (Lipinski definition) is 6. The lowest BCUT2D eigenvalue weighted by Crippen LogP contribution is -2.27. The fraction of sp³-hybridized carbons (Fsp3) is 0.379. The number of ether oxygens (including phenoxy) is 1. The number of methoxy groups -OCH3 is 1.